The first-order chi connectivity index (χ1) is 6.52. The fourth-order valence-electron chi connectivity index (χ4n) is 1.41. The van der Waals surface area contributed by atoms with E-state index >= 15 is 0 Å². The van der Waals surface area contributed by atoms with E-state index < -0.39 is 12.5 Å². The van der Waals surface area contributed by atoms with Gasteiger partial charge in [-0.15, -0.1) is 0 Å². The molecule has 0 spiro atoms. The van der Waals surface area contributed by atoms with E-state index in [1.807, 2.05) is 24.3 Å². The Morgan fingerprint density at radius 1 is 1.07 bits per heavy atom. The second kappa shape index (κ2) is 4.44. The van der Waals surface area contributed by atoms with E-state index in [1.165, 1.54) is 4.90 Å². The lowest BCUT2D eigenvalue weighted by Gasteiger charge is -2.30. The number of hydrogen-bond donors (Lipinski definition) is 2. The Morgan fingerprint density at radius 3 is 1.86 bits per heavy atom. The number of hydrogen-bond acceptors (Lipinski definition) is 3. The van der Waals surface area contributed by atoms with Gasteiger partial charge in [0.2, 0.25) is 0 Å². The van der Waals surface area contributed by atoms with E-state index in [0.717, 1.165) is 11.3 Å². The van der Waals surface area contributed by atoms with Crippen molar-refractivity contribution in [2.45, 2.75) is 26.3 Å². The summed E-state index contributed by atoms with van der Waals surface area (Å²) in [6, 6.07) is 7.32. The molecule has 3 heteroatoms. The summed E-state index contributed by atoms with van der Waals surface area (Å²) in [4.78, 5) is 1.51. The number of anilines is 1. The van der Waals surface area contributed by atoms with Crippen LogP contribution in [0.4, 0.5) is 5.69 Å². The third kappa shape index (κ3) is 2.47. The van der Waals surface area contributed by atoms with Crippen molar-refractivity contribution in [1.82, 2.24) is 0 Å². The highest BCUT2D eigenvalue weighted by Gasteiger charge is 2.15. The standard InChI is InChI=1S/C11H16NO2/c1-8-4-6-11(7-5-8)12(9(2)13)10(3)14/h4-7,9-10,13-14H,1H2,2-3H3. The number of nitrogens with zero attached hydrogens (tertiary/aromatic N) is 1. The second-order valence-corrected chi connectivity index (χ2v) is 3.34. The Bertz CT molecular complexity index is 272. The lowest BCUT2D eigenvalue weighted by atomic mass is 10.2. The predicted octanol–water partition coefficient (Wildman–Crippen LogP) is 1.35. The first-order valence-electron chi connectivity index (χ1n) is 4.59. The smallest absolute Gasteiger partial charge is 0.126 e. The van der Waals surface area contributed by atoms with E-state index in [2.05, 4.69) is 6.92 Å². The van der Waals surface area contributed by atoms with Crippen molar-refractivity contribution in [2.75, 3.05) is 4.90 Å². The molecule has 1 aromatic rings. The summed E-state index contributed by atoms with van der Waals surface area (Å²) in [5, 5.41) is 18.9. The Morgan fingerprint density at radius 2 is 1.50 bits per heavy atom. The molecule has 0 bridgehead atoms. The number of benzene rings is 1. The fourth-order valence-corrected chi connectivity index (χ4v) is 1.41. The van der Waals surface area contributed by atoms with Crippen LogP contribution < -0.4 is 4.90 Å². The summed E-state index contributed by atoms with van der Waals surface area (Å²) in [6.45, 7) is 7.00. The van der Waals surface area contributed by atoms with Gasteiger partial charge in [-0.3, -0.25) is 0 Å². The molecule has 1 radical (unpaired) electrons. The Balaban J connectivity index is 2.94. The third-order valence-corrected chi connectivity index (χ3v) is 2.04. The van der Waals surface area contributed by atoms with Crippen LogP contribution >= 0.6 is 0 Å². The van der Waals surface area contributed by atoms with Gasteiger partial charge in [-0.1, -0.05) is 12.1 Å². The summed E-state index contributed by atoms with van der Waals surface area (Å²) in [7, 11) is 0. The monoisotopic (exact) mass is 194 g/mol. The Labute approximate surface area is 84.6 Å². The minimum absolute atomic E-state index is 0.717. The highest BCUT2D eigenvalue weighted by Crippen LogP contribution is 2.18. The lowest BCUT2D eigenvalue weighted by molar-refractivity contribution is 0.105. The molecule has 0 heterocycles. The second-order valence-electron chi connectivity index (χ2n) is 3.34. The molecule has 0 saturated heterocycles. The summed E-state index contributed by atoms with van der Waals surface area (Å²) in [5.74, 6) is 0. The molecule has 2 unspecified atom stereocenters. The predicted molar refractivity (Wildman–Crippen MR) is 56.7 cm³/mol. The van der Waals surface area contributed by atoms with Gasteiger partial charge in [0.05, 0.1) is 0 Å². The molecule has 77 valence electrons. The molecule has 14 heavy (non-hydrogen) atoms. The first-order valence-corrected chi connectivity index (χ1v) is 4.59. The van der Waals surface area contributed by atoms with E-state index in [4.69, 9.17) is 0 Å². The molecular weight excluding hydrogens is 178 g/mol. The topological polar surface area (TPSA) is 43.7 Å². The molecule has 0 fully saturated rings. The van der Waals surface area contributed by atoms with Crippen LogP contribution in [0.1, 0.15) is 19.4 Å². The van der Waals surface area contributed by atoms with Crippen LogP contribution in [0.5, 0.6) is 0 Å². The van der Waals surface area contributed by atoms with Gasteiger partial charge in [0.15, 0.2) is 0 Å². The van der Waals surface area contributed by atoms with Crippen LogP contribution in [0.3, 0.4) is 0 Å². The zero-order valence-electron chi connectivity index (χ0n) is 8.51. The Kier molecular flexibility index (Phi) is 3.49. The van der Waals surface area contributed by atoms with E-state index in [9.17, 15) is 10.2 Å². The third-order valence-electron chi connectivity index (χ3n) is 2.04. The van der Waals surface area contributed by atoms with Crippen LogP contribution in [0.2, 0.25) is 0 Å². The molecule has 0 aliphatic rings. The molecule has 0 amide bonds. The van der Waals surface area contributed by atoms with Gasteiger partial charge in [-0.05, 0) is 38.5 Å². The first kappa shape index (κ1) is 11.0. The number of aliphatic hydroxyl groups is 2. The SMILES string of the molecule is [CH2]c1ccc(N(C(C)O)C(C)O)cc1. The van der Waals surface area contributed by atoms with E-state index in [-0.39, 0.29) is 0 Å². The van der Waals surface area contributed by atoms with Crippen molar-refractivity contribution in [3.05, 3.63) is 36.8 Å². The van der Waals surface area contributed by atoms with Crippen LogP contribution in [-0.2, 0) is 0 Å². The summed E-state index contributed by atoms with van der Waals surface area (Å²) in [6.07, 6.45) is -1.43. The largest absolute Gasteiger partial charge is 0.374 e. The number of aliphatic hydroxyl groups excluding tert-OH is 2. The molecule has 0 aliphatic carbocycles. The number of rotatable bonds is 3. The zero-order valence-corrected chi connectivity index (χ0v) is 8.51. The van der Waals surface area contributed by atoms with Crippen molar-refractivity contribution in [3.63, 3.8) is 0 Å². The van der Waals surface area contributed by atoms with Gasteiger partial charge >= 0.3 is 0 Å². The van der Waals surface area contributed by atoms with Gasteiger partial charge in [0, 0.05) is 5.69 Å². The molecule has 1 rings (SSSR count). The lowest BCUT2D eigenvalue weighted by Crippen LogP contribution is -2.40. The van der Waals surface area contributed by atoms with Gasteiger partial charge < -0.3 is 15.1 Å². The molecule has 2 N–H and O–H groups in total. The van der Waals surface area contributed by atoms with Gasteiger partial charge in [0.1, 0.15) is 12.5 Å². The quantitative estimate of drug-likeness (QED) is 0.714. The minimum Gasteiger partial charge on any atom is -0.374 e. The molecular formula is C11H16NO2. The summed E-state index contributed by atoms with van der Waals surface area (Å²) in [5.41, 5.74) is 1.69. The van der Waals surface area contributed by atoms with E-state index in [1.54, 1.807) is 13.8 Å². The maximum Gasteiger partial charge on any atom is 0.126 e. The molecule has 3 nitrogen and oxygen atoms in total. The van der Waals surface area contributed by atoms with Gasteiger partial charge in [0.25, 0.3) is 0 Å². The van der Waals surface area contributed by atoms with E-state index in [0.29, 0.717) is 0 Å². The fraction of sp³-hybridized carbons (Fsp3) is 0.364. The zero-order chi connectivity index (χ0) is 10.7. The van der Waals surface area contributed by atoms with Crippen molar-refractivity contribution < 1.29 is 10.2 Å². The highest BCUT2D eigenvalue weighted by atomic mass is 16.3. The summed E-state index contributed by atoms with van der Waals surface area (Å²) >= 11 is 0. The average molecular weight is 194 g/mol. The molecule has 1 aromatic carbocycles. The van der Waals surface area contributed by atoms with Crippen molar-refractivity contribution in [1.29, 1.82) is 0 Å². The average Bonchev–Trinajstić information content (AvgIpc) is 2.07. The molecule has 0 saturated carbocycles. The van der Waals surface area contributed by atoms with Crippen LogP contribution in [-0.4, -0.2) is 22.7 Å². The van der Waals surface area contributed by atoms with Gasteiger partial charge in [-0.25, -0.2) is 0 Å². The molecule has 0 aromatic heterocycles. The van der Waals surface area contributed by atoms with Crippen LogP contribution in [0, 0.1) is 6.92 Å². The summed E-state index contributed by atoms with van der Waals surface area (Å²) < 4.78 is 0. The van der Waals surface area contributed by atoms with Gasteiger partial charge in [-0.2, -0.15) is 0 Å². The van der Waals surface area contributed by atoms with Crippen molar-refractivity contribution in [3.8, 4) is 0 Å². The molecule has 2 atom stereocenters. The van der Waals surface area contributed by atoms with Crippen LogP contribution in [0.15, 0.2) is 24.3 Å². The highest BCUT2D eigenvalue weighted by molar-refractivity contribution is 5.48. The Hall–Kier alpha value is -1.06. The molecule has 0 aliphatic heterocycles. The normalized spacial score (nSPS) is 14.9. The maximum atomic E-state index is 9.46. The van der Waals surface area contributed by atoms with Crippen molar-refractivity contribution >= 4 is 5.69 Å². The van der Waals surface area contributed by atoms with Crippen LogP contribution in [0.25, 0.3) is 0 Å². The maximum absolute atomic E-state index is 9.46. The minimum atomic E-state index is -0.717. The van der Waals surface area contributed by atoms with Crippen molar-refractivity contribution in [2.24, 2.45) is 0 Å².